The fraction of sp³-hybridized carbons (Fsp3) is 0.227. The van der Waals surface area contributed by atoms with Crippen molar-refractivity contribution in [3.8, 4) is 0 Å². The van der Waals surface area contributed by atoms with E-state index in [1.54, 1.807) is 19.1 Å². The summed E-state index contributed by atoms with van der Waals surface area (Å²) >= 11 is 5.93. The predicted octanol–water partition coefficient (Wildman–Crippen LogP) is 3.68. The van der Waals surface area contributed by atoms with Crippen LogP contribution in [0.25, 0.3) is 6.08 Å². The highest BCUT2D eigenvalue weighted by Gasteiger charge is 2.29. The lowest BCUT2D eigenvalue weighted by molar-refractivity contribution is -0.114. The van der Waals surface area contributed by atoms with Crippen LogP contribution in [0.4, 0.5) is 11.4 Å². The minimum atomic E-state index is -1.16. The maximum Gasteiger partial charge on any atom is 0.337 e. The lowest BCUT2D eigenvalue weighted by Crippen LogP contribution is -2.36. The molecule has 2 heterocycles. The van der Waals surface area contributed by atoms with Gasteiger partial charge < -0.3 is 14.7 Å². The van der Waals surface area contributed by atoms with Gasteiger partial charge in [0.15, 0.2) is 0 Å². The molecule has 0 unspecified atom stereocenters. The number of carboxylic acids is 1. The number of carbonyl (C=O) groups excluding carboxylic acids is 1. The van der Waals surface area contributed by atoms with Crippen molar-refractivity contribution in [3.05, 3.63) is 64.2 Å². The number of amides is 1. The molecule has 0 aromatic heterocycles. The van der Waals surface area contributed by atoms with E-state index in [2.05, 4.69) is 10.0 Å². The van der Waals surface area contributed by atoms with Crippen LogP contribution in [0.3, 0.4) is 0 Å². The molecule has 8 heteroatoms. The zero-order valence-electron chi connectivity index (χ0n) is 16.3. The Morgan fingerprint density at radius 3 is 2.47 bits per heavy atom. The van der Waals surface area contributed by atoms with Crippen molar-refractivity contribution >= 4 is 46.6 Å². The Kier molecular flexibility index (Phi) is 5.57. The van der Waals surface area contributed by atoms with Gasteiger partial charge in [0.2, 0.25) is 0 Å². The summed E-state index contributed by atoms with van der Waals surface area (Å²) in [7, 11) is 0. The van der Waals surface area contributed by atoms with Crippen molar-refractivity contribution in [1.82, 2.24) is 0 Å². The largest absolute Gasteiger partial charge is 0.478 e. The number of carboxylic acid groups (broad SMARTS) is 1. The van der Waals surface area contributed by atoms with Crippen LogP contribution >= 0.6 is 11.6 Å². The highest BCUT2D eigenvalue weighted by atomic mass is 35.5. The van der Waals surface area contributed by atoms with E-state index >= 15 is 0 Å². The van der Waals surface area contributed by atoms with Crippen molar-refractivity contribution in [2.45, 2.75) is 6.92 Å². The van der Waals surface area contributed by atoms with Crippen LogP contribution in [-0.4, -0.2) is 49.0 Å². The minimum absolute atomic E-state index is 0.0778. The van der Waals surface area contributed by atoms with Gasteiger partial charge in [-0.25, -0.2) is 4.79 Å². The number of anilines is 2. The van der Waals surface area contributed by atoms with Gasteiger partial charge in [0.1, 0.15) is 0 Å². The highest BCUT2D eigenvalue weighted by Crippen LogP contribution is 2.29. The molecule has 1 fully saturated rings. The number of aromatic carboxylic acids is 1. The summed E-state index contributed by atoms with van der Waals surface area (Å²) in [6.07, 6.45) is 1.79. The number of halogens is 1. The topological polar surface area (TPSA) is 82.4 Å². The Morgan fingerprint density at radius 2 is 1.80 bits per heavy atom. The van der Waals surface area contributed by atoms with Crippen LogP contribution in [0, 0.1) is 0 Å². The van der Waals surface area contributed by atoms with E-state index in [1.165, 1.54) is 17.1 Å². The monoisotopic (exact) mass is 425 g/mol. The average molecular weight is 426 g/mol. The second-order valence-electron chi connectivity index (χ2n) is 7.02. The lowest BCUT2D eigenvalue weighted by atomic mass is 10.1. The first-order chi connectivity index (χ1) is 14.4. The van der Waals surface area contributed by atoms with E-state index < -0.39 is 5.97 Å². The van der Waals surface area contributed by atoms with Crippen molar-refractivity contribution in [2.24, 2.45) is 5.10 Å². The smallest absolute Gasteiger partial charge is 0.337 e. The Morgan fingerprint density at radius 1 is 1.13 bits per heavy atom. The average Bonchev–Trinajstić information content (AvgIpc) is 3.03. The normalized spacial score (nSPS) is 18.1. The van der Waals surface area contributed by atoms with Crippen LogP contribution in [-0.2, 0) is 9.53 Å². The van der Waals surface area contributed by atoms with Gasteiger partial charge in [0, 0.05) is 18.8 Å². The van der Waals surface area contributed by atoms with E-state index in [1.807, 2.05) is 24.3 Å². The third kappa shape index (κ3) is 3.94. The quantitative estimate of drug-likeness (QED) is 0.755. The third-order valence-electron chi connectivity index (χ3n) is 5.07. The number of hydrogen-bond donors (Lipinski definition) is 1. The van der Waals surface area contributed by atoms with Crippen LogP contribution in [0.1, 0.15) is 22.8 Å². The number of ether oxygens (including phenoxy) is 1. The molecule has 1 N–H and O–H groups in total. The van der Waals surface area contributed by atoms with Gasteiger partial charge in [-0.2, -0.15) is 10.1 Å². The van der Waals surface area contributed by atoms with Gasteiger partial charge in [0.05, 0.1) is 40.8 Å². The summed E-state index contributed by atoms with van der Waals surface area (Å²) in [5.41, 5.74) is 3.30. The molecule has 2 aromatic rings. The van der Waals surface area contributed by atoms with E-state index in [4.69, 9.17) is 16.3 Å². The molecule has 1 saturated heterocycles. The van der Waals surface area contributed by atoms with Gasteiger partial charge in [0.25, 0.3) is 5.91 Å². The fourth-order valence-corrected chi connectivity index (χ4v) is 3.64. The Bertz CT molecular complexity index is 1060. The van der Waals surface area contributed by atoms with Crippen LogP contribution in [0.2, 0.25) is 5.02 Å². The Balaban J connectivity index is 1.57. The lowest BCUT2D eigenvalue weighted by Gasteiger charge is -2.28. The van der Waals surface area contributed by atoms with Crippen LogP contribution in [0.5, 0.6) is 0 Å². The van der Waals surface area contributed by atoms with Gasteiger partial charge in [-0.15, -0.1) is 0 Å². The molecule has 0 radical (unpaired) electrons. The van der Waals surface area contributed by atoms with E-state index in [0.29, 0.717) is 17.0 Å². The number of hydrazone groups is 1. The molecular weight excluding hydrogens is 406 g/mol. The molecule has 0 bridgehead atoms. The molecule has 2 aliphatic heterocycles. The second kappa shape index (κ2) is 8.30. The fourth-order valence-electron chi connectivity index (χ4n) is 3.44. The van der Waals surface area contributed by atoms with Crippen molar-refractivity contribution < 1.29 is 19.4 Å². The molecule has 7 nitrogen and oxygen atoms in total. The molecule has 0 aliphatic carbocycles. The van der Waals surface area contributed by atoms with Crippen molar-refractivity contribution in [2.75, 3.05) is 36.2 Å². The third-order valence-corrected chi connectivity index (χ3v) is 5.40. The highest BCUT2D eigenvalue weighted by molar-refractivity contribution is 6.34. The van der Waals surface area contributed by atoms with Crippen molar-refractivity contribution in [3.63, 3.8) is 0 Å². The SMILES string of the molecule is CC1=NN(c2ccc(Cl)c(C(=O)O)c2)C(=O)/C1=C\c1ccc(N2CCOCC2)cc1. The number of nitrogens with zero attached hydrogens (tertiary/aromatic N) is 3. The second-order valence-corrected chi connectivity index (χ2v) is 7.43. The minimum Gasteiger partial charge on any atom is -0.478 e. The van der Waals surface area contributed by atoms with E-state index in [0.717, 1.165) is 37.6 Å². The number of hydrogen-bond acceptors (Lipinski definition) is 5. The Hall–Kier alpha value is -3.16. The molecule has 0 atom stereocenters. The number of carbonyl (C=O) groups is 2. The standard InChI is InChI=1S/C22H20ClN3O4/c1-14-18(12-15-2-4-16(5-3-15)25-8-10-30-11-9-25)21(27)26(24-14)17-6-7-20(23)19(13-17)22(28)29/h2-7,12-13H,8-11H2,1H3,(H,28,29)/b18-12-. The maximum absolute atomic E-state index is 12.9. The molecule has 154 valence electrons. The summed E-state index contributed by atoms with van der Waals surface area (Å²) < 4.78 is 5.38. The maximum atomic E-state index is 12.9. The van der Waals surface area contributed by atoms with Gasteiger partial charge in [-0.3, -0.25) is 4.79 Å². The molecule has 4 rings (SSSR count). The van der Waals surface area contributed by atoms with Crippen LogP contribution in [0.15, 0.2) is 53.1 Å². The van der Waals surface area contributed by atoms with E-state index in [9.17, 15) is 14.7 Å². The van der Waals surface area contributed by atoms with Crippen molar-refractivity contribution in [1.29, 1.82) is 0 Å². The molecule has 0 spiro atoms. The molecule has 2 aromatic carbocycles. The van der Waals surface area contributed by atoms with Gasteiger partial charge in [-0.05, 0) is 48.9 Å². The number of morpholine rings is 1. The first-order valence-electron chi connectivity index (χ1n) is 9.51. The van der Waals surface area contributed by atoms with E-state index in [-0.39, 0.29) is 16.5 Å². The van der Waals surface area contributed by atoms with Gasteiger partial charge in [-0.1, -0.05) is 23.7 Å². The molecule has 0 saturated carbocycles. The zero-order valence-corrected chi connectivity index (χ0v) is 17.1. The summed E-state index contributed by atoms with van der Waals surface area (Å²) in [6.45, 7) is 4.91. The predicted molar refractivity (Wildman–Crippen MR) is 116 cm³/mol. The van der Waals surface area contributed by atoms with Crippen LogP contribution < -0.4 is 9.91 Å². The molecule has 1 amide bonds. The Labute approximate surface area is 178 Å². The zero-order chi connectivity index (χ0) is 21.3. The number of rotatable bonds is 4. The summed E-state index contributed by atoms with van der Waals surface area (Å²) in [4.78, 5) is 26.5. The van der Waals surface area contributed by atoms with Gasteiger partial charge >= 0.3 is 5.97 Å². The summed E-state index contributed by atoms with van der Waals surface area (Å²) in [5.74, 6) is -1.48. The first-order valence-corrected chi connectivity index (χ1v) is 9.89. The molecular formula is C22H20ClN3O4. The molecule has 30 heavy (non-hydrogen) atoms. The molecule has 2 aliphatic rings. The summed E-state index contributed by atoms with van der Waals surface area (Å²) in [6, 6.07) is 12.4. The summed E-state index contributed by atoms with van der Waals surface area (Å²) in [5, 5.41) is 14.9. The number of benzene rings is 2. The first kappa shape index (κ1) is 20.1.